The standard InChI is InChI=1S/2C15H17Cl2N5.H2O/c2*16-9-3-8(4-10(17)5-9)7-20-11-1-2-13-12(6-11)14(18)22-15(19)21-13;/h2*3-5,11,20H,1-2,6-7H2,(H4,18,19,21,22);1H2. The minimum Gasteiger partial charge on any atom is -0.412 e. The molecule has 15 heteroatoms. The molecule has 45 heavy (non-hydrogen) atoms. The van der Waals surface area contributed by atoms with Crippen LogP contribution in [0.5, 0.6) is 0 Å². The van der Waals surface area contributed by atoms with E-state index in [-0.39, 0.29) is 17.4 Å². The third-order valence-corrected chi connectivity index (χ3v) is 8.55. The van der Waals surface area contributed by atoms with Gasteiger partial charge in [-0.3, -0.25) is 0 Å². The Morgan fingerprint density at radius 1 is 0.578 bits per heavy atom. The van der Waals surface area contributed by atoms with E-state index in [1.165, 1.54) is 0 Å². The first-order valence-electron chi connectivity index (χ1n) is 14.2. The van der Waals surface area contributed by atoms with Crippen molar-refractivity contribution in [2.75, 3.05) is 22.9 Å². The number of anilines is 4. The van der Waals surface area contributed by atoms with Crippen LogP contribution in [0, 0.1) is 0 Å². The van der Waals surface area contributed by atoms with Gasteiger partial charge in [0.2, 0.25) is 11.9 Å². The van der Waals surface area contributed by atoms with Gasteiger partial charge in [0.25, 0.3) is 0 Å². The second kappa shape index (κ2) is 15.4. The quantitative estimate of drug-likeness (QED) is 0.168. The number of benzene rings is 2. The molecule has 12 N–H and O–H groups in total. The van der Waals surface area contributed by atoms with E-state index < -0.39 is 0 Å². The van der Waals surface area contributed by atoms with Crippen molar-refractivity contribution in [3.05, 3.63) is 90.1 Å². The molecule has 240 valence electrons. The highest BCUT2D eigenvalue weighted by molar-refractivity contribution is 6.35. The molecule has 11 nitrogen and oxygen atoms in total. The molecule has 0 aliphatic heterocycles. The number of hydrogen-bond acceptors (Lipinski definition) is 10. The molecular formula is C30H36Cl4N10O. The lowest BCUT2D eigenvalue weighted by atomic mass is 9.92. The van der Waals surface area contributed by atoms with E-state index >= 15 is 0 Å². The van der Waals surface area contributed by atoms with Gasteiger partial charge in [0, 0.05) is 56.4 Å². The number of nitrogens with two attached hydrogens (primary N) is 4. The second-order valence-electron chi connectivity index (χ2n) is 11.0. The summed E-state index contributed by atoms with van der Waals surface area (Å²) in [6, 6.07) is 11.7. The monoisotopic (exact) mass is 692 g/mol. The topological polar surface area (TPSA) is 211 Å². The molecule has 4 aromatic rings. The van der Waals surface area contributed by atoms with Crippen LogP contribution in [-0.2, 0) is 38.8 Å². The van der Waals surface area contributed by atoms with Gasteiger partial charge in [0.05, 0.1) is 11.4 Å². The fourth-order valence-corrected chi connectivity index (χ4v) is 6.76. The van der Waals surface area contributed by atoms with Gasteiger partial charge in [-0.2, -0.15) is 9.97 Å². The van der Waals surface area contributed by atoms with E-state index in [0.717, 1.165) is 72.2 Å². The zero-order chi connectivity index (χ0) is 31.4. The molecule has 2 aliphatic carbocycles. The van der Waals surface area contributed by atoms with Crippen LogP contribution >= 0.6 is 46.4 Å². The van der Waals surface area contributed by atoms with E-state index in [4.69, 9.17) is 69.3 Å². The molecule has 0 saturated heterocycles. The first-order chi connectivity index (χ1) is 21.0. The molecule has 0 fully saturated rings. The maximum absolute atomic E-state index is 6.02. The Labute approximate surface area is 281 Å². The first kappa shape index (κ1) is 34.7. The zero-order valence-corrected chi connectivity index (χ0v) is 27.4. The number of hydrogen-bond donors (Lipinski definition) is 6. The Bertz CT molecular complexity index is 1500. The van der Waals surface area contributed by atoms with Gasteiger partial charge in [-0.15, -0.1) is 0 Å². The zero-order valence-electron chi connectivity index (χ0n) is 24.4. The molecule has 0 spiro atoms. The molecule has 2 aromatic carbocycles. The van der Waals surface area contributed by atoms with Crippen LogP contribution in [0.2, 0.25) is 20.1 Å². The molecule has 2 unspecified atom stereocenters. The molecular weight excluding hydrogens is 658 g/mol. The molecule has 2 aliphatic rings. The van der Waals surface area contributed by atoms with Gasteiger partial charge < -0.3 is 39.0 Å². The van der Waals surface area contributed by atoms with Crippen LogP contribution in [0.15, 0.2) is 36.4 Å². The minimum absolute atomic E-state index is 0. The van der Waals surface area contributed by atoms with E-state index in [9.17, 15) is 0 Å². The summed E-state index contributed by atoms with van der Waals surface area (Å²) < 4.78 is 0. The summed E-state index contributed by atoms with van der Waals surface area (Å²) in [5.41, 5.74) is 29.2. The molecule has 2 atom stereocenters. The number of nitrogens with zero attached hydrogens (tertiary/aromatic N) is 4. The minimum atomic E-state index is 0. The highest BCUT2D eigenvalue weighted by Crippen LogP contribution is 2.27. The van der Waals surface area contributed by atoms with Gasteiger partial charge in [0.15, 0.2) is 0 Å². The predicted octanol–water partition coefficient (Wildman–Crippen LogP) is 4.37. The van der Waals surface area contributed by atoms with Crippen molar-refractivity contribution in [2.24, 2.45) is 0 Å². The fourth-order valence-electron chi connectivity index (χ4n) is 5.61. The SMILES string of the molecule is Nc1nc(N)c2c(n1)CCC(NCc1cc(Cl)cc(Cl)c1)C2.Nc1nc(N)c2c(n1)CCC(NCc1cc(Cl)cc(Cl)c1)C2.O. The fraction of sp³-hybridized carbons (Fsp3) is 0.333. The van der Waals surface area contributed by atoms with E-state index in [1.807, 2.05) is 24.3 Å². The summed E-state index contributed by atoms with van der Waals surface area (Å²) in [4.78, 5) is 16.6. The van der Waals surface area contributed by atoms with Crippen LogP contribution in [0.3, 0.4) is 0 Å². The summed E-state index contributed by atoms with van der Waals surface area (Å²) in [6.45, 7) is 1.41. The summed E-state index contributed by atoms with van der Waals surface area (Å²) in [5.74, 6) is 1.46. The number of halogens is 4. The number of rotatable bonds is 6. The molecule has 0 radical (unpaired) electrons. The Morgan fingerprint density at radius 2 is 0.933 bits per heavy atom. The number of aryl methyl sites for hydroxylation is 2. The van der Waals surface area contributed by atoms with Crippen LogP contribution < -0.4 is 33.6 Å². The van der Waals surface area contributed by atoms with Crippen LogP contribution in [0.4, 0.5) is 23.5 Å². The lowest BCUT2D eigenvalue weighted by Crippen LogP contribution is -2.35. The van der Waals surface area contributed by atoms with E-state index in [1.54, 1.807) is 12.1 Å². The first-order valence-corrected chi connectivity index (χ1v) is 15.7. The van der Waals surface area contributed by atoms with Crippen molar-refractivity contribution in [2.45, 2.75) is 63.7 Å². The molecule has 0 saturated carbocycles. The van der Waals surface area contributed by atoms with Gasteiger partial charge in [-0.25, -0.2) is 9.97 Å². The maximum Gasteiger partial charge on any atom is 0.222 e. The number of aromatic nitrogens is 4. The largest absolute Gasteiger partial charge is 0.412 e. The van der Waals surface area contributed by atoms with E-state index in [2.05, 4.69) is 30.6 Å². The van der Waals surface area contributed by atoms with Crippen LogP contribution in [0.1, 0.15) is 46.5 Å². The third kappa shape index (κ3) is 9.43. The smallest absolute Gasteiger partial charge is 0.222 e. The molecule has 0 bridgehead atoms. The Hall–Kier alpha value is -3.16. The number of fused-ring (bicyclic) bond motifs is 2. The third-order valence-electron chi connectivity index (χ3n) is 7.68. The van der Waals surface area contributed by atoms with E-state index in [0.29, 0.717) is 56.9 Å². The van der Waals surface area contributed by atoms with Crippen molar-refractivity contribution in [1.29, 1.82) is 0 Å². The highest BCUT2D eigenvalue weighted by Gasteiger charge is 2.24. The highest BCUT2D eigenvalue weighted by atomic mass is 35.5. The van der Waals surface area contributed by atoms with Crippen molar-refractivity contribution in [1.82, 2.24) is 30.6 Å². The van der Waals surface area contributed by atoms with Crippen molar-refractivity contribution in [3.8, 4) is 0 Å². The summed E-state index contributed by atoms with van der Waals surface area (Å²) in [5, 5.41) is 9.61. The molecule has 0 amide bonds. The lowest BCUT2D eigenvalue weighted by molar-refractivity contribution is 0.453. The van der Waals surface area contributed by atoms with Gasteiger partial charge in [0.1, 0.15) is 11.6 Å². The van der Waals surface area contributed by atoms with Crippen LogP contribution in [-0.4, -0.2) is 37.5 Å². The Kier molecular flexibility index (Phi) is 11.9. The summed E-state index contributed by atoms with van der Waals surface area (Å²) >= 11 is 24.1. The summed E-state index contributed by atoms with van der Waals surface area (Å²) in [6.07, 6.45) is 5.26. The van der Waals surface area contributed by atoms with Gasteiger partial charge >= 0.3 is 0 Å². The summed E-state index contributed by atoms with van der Waals surface area (Å²) in [7, 11) is 0. The lowest BCUT2D eigenvalue weighted by Gasteiger charge is -2.25. The van der Waals surface area contributed by atoms with Gasteiger partial charge in [-0.1, -0.05) is 46.4 Å². The Morgan fingerprint density at radius 3 is 1.29 bits per heavy atom. The molecule has 2 heterocycles. The average Bonchev–Trinajstić information content (AvgIpc) is 2.94. The second-order valence-corrected chi connectivity index (χ2v) is 12.7. The van der Waals surface area contributed by atoms with Crippen LogP contribution in [0.25, 0.3) is 0 Å². The molecule has 6 rings (SSSR count). The molecule has 2 aromatic heterocycles. The normalized spacial score (nSPS) is 16.9. The number of nitrogen functional groups attached to an aromatic ring is 4. The Balaban J connectivity index is 0.000000200. The maximum atomic E-state index is 6.02. The van der Waals surface area contributed by atoms with Crippen molar-refractivity contribution < 1.29 is 5.48 Å². The average molecular weight is 694 g/mol. The van der Waals surface area contributed by atoms with Gasteiger partial charge in [-0.05, 0) is 86.1 Å². The number of nitrogens with one attached hydrogen (secondary N) is 2. The van der Waals surface area contributed by atoms with Crippen molar-refractivity contribution >= 4 is 69.9 Å². The predicted molar refractivity (Wildman–Crippen MR) is 184 cm³/mol. The van der Waals surface area contributed by atoms with Crippen molar-refractivity contribution in [3.63, 3.8) is 0 Å².